The smallest absolute Gasteiger partial charge is 0.272 e. The molecule has 0 unspecified atom stereocenters. The van der Waals surface area contributed by atoms with Crippen LogP contribution in [0.2, 0.25) is 5.02 Å². The fourth-order valence-corrected chi connectivity index (χ4v) is 3.19. The Balaban J connectivity index is 2.12. The van der Waals surface area contributed by atoms with E-state index in [-0.39, 0.29) is 17.1 Å². The first-order valence-electron chi connectivity index (χ1n) is 5.70. The number of rotatable bonds is 2. The number of hydrogen-bond acceptors (Lipinski definition) is 3. The van der Waals surface area contributed by atoms with Crippen molar-refractivity contribution < 1.29 is 4.39 Å². The normalized spacial score (nSPS) is 11.1. The molecule has 102 valence electrons. The Bertz CT molecular complexity index is 913. The van der Waals surface area contributed by atoms with Gasteiger partial charge in [-0.25, -0.2) is 4.39 Å². The van der Waals surface area contributed by atoms with Crippen molar-refractivity contribution >= 4 is 45.4 Å². The average Bonchev–Trinajstić information content (AvgIpc) is 2.87. The van der Waals surface area contributed by atoms with Gasteiger partial charge in [0.25, 0.3) is 5.56 Å². The first kappa shape index (κ1) is 13.5. The van der Waals surface area contributed by atoms with Gasteiger partial charge in [0.1, 0.15) is 10.5 Å². The third kappa shape index (κ3) is 2.30. The third-order valence-corrected chi connectivity index (χ3v) is 4.43. The van der Waals surface area contributed by atoms with Crippen LogP contribution >= 0.6 is 35.2 Å². The third-order valence-electron chi connectivity index (χ3n) is 2.92. The maximum Gasteiger partial charge on any atom is 0.272 e. The summed E-state index contributed by atoms with van der Waals surface area (Å²) in [5, 5.41) is 1.86. The summed E-state index contributed by atoms with van der Waals surface area (Å²) in [4.78, 5) is 15.4. The SMILES string of the molecule is O=c1c2sccc2[nH]c(=S)n1Cc1ccc(F)c(Cl)c1. The van der Waals surface area contributed by atoms with Crippen LogP contribution in [0.15, 0.2) is 34.4 Å². The lowest BCUT2D eigenvalue weighted by atomic mass is 10.2. The minimum absolute atomic E-state index is 0.0302. The summed E-state index contributed by atoms with van der Waals surface area (Å²) in [6.45, 7) is 0.252. The second-order valence-corrected chi connectivity index (χ2v) is 5.94. The molecule has 0 aliphatic heterocycles. The highest BCUT2D eigenvalue weighted by molar-refractivity contribution is 7.71. The van der Waals surface area contributed by atoms with E-state index in [2.05, 4.69) is 4.98 Å². The predicted molar refractivity (Wildman–Crippen MR) is 81.8 cm³/mol. The minimum Gasteiger partial charge on any atom is -0.331 e. The number of aromatic nitrogens is 2. The molecule has 0 amide bonds. The predicted octanol–water partition coefficient (Wildman–Crippen LogP) is 3.96. The van der Waals surface area contributed by atoms with E-state index >= 15 is 0 Å². The largest absolute Gasteiger partial charge is 0.331 e. The van der Waals surface area contributed by atoms with Crippen molar-refractivity contribution in [2.45, 2.75) is 6.54 Å². The van der Waals surface area contributed by atoms with E-state index in [9.17, 15) is 9.18 Å². The summed E-state index contributed by atoms with van der Waals surface area (Å²) in [6.07, 6.45) is 0. The molecule has 3 aromatic rings. The molecule has 1 N–H and O–H groups in total. The number of thiophene rings is 1. The molecular formula is C13H8ClFN2OS2. The maximum atomic E-state index is 13.1. The van der Waals surface area contributed by atoms with Gasteiger partial charge in [-0.1, -0.05) is 17.7 Å². The lowest BCUT2D eigenvalue weighted by Gasteiger charge is -2.07. The van der Waals surface area contributed by atoms with Crippen LogP contribution in [0.5, 0.6) is 0 Å². The second-order valence-electron chi connectivity index (χ2n) is 4.23. The summed E-state index contributed by atoms with van der Waals surface area (Å²) in [5.74, 6) is -0.485. The summed E-state index contributed by atoms with van der Waals surface area (Å²) >= 11 is 12.3. The zero-order valence-corrected chi connectivity index (χ0v) is 12.4. The lowest BCUT2D eigenvalue weighted by Crippen LogP contribution is -2.21. The first-order valence-corrected chi connectivity index (χ1v) is 7.37. The first-order chi connectivity index (χ1) is 9.56. The number of H-pyrrole nitrogens is 1. The summed E-state index contributed by atoms with van der Waals surface area (Å²) in [5.41, 5.74) is 1.30. The highest BCUT2D eigenvalue weighted by Gasteiger charge is 2.08. The number of nitrogens with zero attached hydrogens (tertiary/aromatic N) is 1. The molecular weight excluding hydrogens is 319 g/mol. The molecule has 7 heteroatoms. The van der Waals surface area contributed by atoms with Crippen molar-refractivity contribution in [3.8, 4) is 0 Å². The standard InChI is InChI=1S/C13H8ClFN2OS2/c14-8-5-7(1-2-9(8)15)6-17-12(18)11-10(3-4-20-11)16-13(17)19/h1-5H,6H2,(H,16,19). The van der Waals surface area contributed by atoms with Gasteiger partial charge >= 0.3 is 0 Å². The van der Waals surface area contributed by atoms with Gasteiger partial charge < -0.3 is 4.98 Å². The molecule has 3 rings (SSSR count). The Morgan fingerprint density at radius 2 is 2.20 bits per heavy atom. The summed E-state index contributed by atoms with van der Waals surface area (Å²) in [6, 6.07) is 6.17. The van der Waals surface area contributed by atoms with Crippen molar-refractivity contribution in [3.63, 3.8) is 0 Å². The molecule has 1 aromatic carbocycles. The van der Waals surface area contributed by atoms with Crippen molar-refractivity contribution in [2.24, 2.45) is 0 Å². The Labute approximate surface area is 127 Å². The molecule has 0 bridgehead atoms. The van der Waals surface area contributed by atoms with Crippen molar-refractivity contribution in [2.75, 3.05) is 0 Å². The van der Waals surface area contributed by atoms with Crippen LogP contribution in [0, 0.1) is 10.6 Å². The Morgan fingerprint density at radius 3 is 2.95 bits per heavy atom. The molecule has 0 fully saturated rings. The van der Waals surface area contributed by atoms with Gasteiger partial charge in [-0.15, -0.1) is 11.3 Å². The quantitative estimate of drug-likeness (QED) is 0.724. The number of fused-ring (bicyclic) bond motifs is 1. The molecule has 0 saturated heterocycles. The van der Waals surface area contributed by atoms with Gasteiger partial charge in [-0.2, -0.15) is 0 Å². The molecule has 2 heterocycles. The number of halogens is 2. The van der Waals surface area contributed by atoms with Crippen LogP contribution < -0.4 is 5.56 Å². The van der Waals surface area contributed by atoms with Crippen LogP contribution in [0.4, 0.5) is 4.39 Å². The maximum absolute atomic E-state index is 13.1. The van der Waals surface area contributed by atoms with E-state index in [0.717, 1.165) is 5.52 Å². The second kappa shape index (κ2) is 5.12. The van der Waals surface area contributed by atoms with Gasteiger partial charge in [-0.05, 0) is 41.4 Å². The van der Waals surface area contributed by atoms with Gasteiger partial charge in [0.2, 0.25) is 0 Å². The molecule has 0 aliphatic rings. The van der Waals surface area contributed by atoms with E-state index in [1.165, 1.54) is 28.0 Å². The summed E-state index contributed by atoms with van der Waals surface area (Å²) < 4.78 is 15.5. The van der Waals surface area contributed by atoms with E-state index in [0.29, 0.717) is 15.0 Å². The fraction of sp³-hybridized carbons (Fsp3) is 0.0769. The highest BCUT2D eigenvalue weighted by atomic mass is 35.5. The topological polar surface area (TPSA) is 37.8 Å². The van der Waals surface area contributed by atoms with Crippen molar-refractivity contribution in [1.82, 2.24) is 9.55 Å². The van der Waals surface area contributed by atoms with Crippen molar-refractivity contribution in [3.05, 3.63) is 61.2 Å². The number of aromatic amines is 1. The van der Waals surface area contributed by atoms with Crippen LogP contribution in [0.1, 0.15) is 5.56 Å². The lowest BCUT2D eigenvalue weighted by molar-refractivity contribution is 0.626. The van der Waals surface area contributed by atoms with Gasteiger partial charge in [-0.3, -0.25) is 9.36 Å². The molecule has 20 heavy (non-hydrogen) atoms. The van der Waals surface area contributed by atoms with Crippen LogP contribution in [-0.2, 0) is 6.54 Å². The van der Waals surface area contributed by atoms with Gasteiger partial charge in [0.05, 0.1) is 17.1 Å². The Kier molecular flexibility index (Phi) is 3.45. The minimum atomic E-state index is -0.485. The fourth-order valence-electron chi connectivity index (χ4n) is 1.93. The van der Waals surface area contributed by atoms with Crippen LogP contribution in [-0.4, -0.2) is 9.55 Å². The van der Waals surface area contributed by atoms with Gasteiger partial charge in [0.15, 0.2) is 4.77 Å². The van der Waals surface area contributed by atoms with Crippen molar-refractivity contribution in [1.29, 1.82) is 0 Å². The summed E-state index contributed by atoms with van der Waals surface area (Å²) in [7, 11) is 0. The van der Waals surface area contributed by atoms with Crippen LogP contribution in [0.3, 0.4) is 0 Å². The number of benzene rings is 1. The van der Waals surface area contributed by atoms with E-state index in [1.54, 1.807) is 6.07 Å². The molecule has 0 atom stereocenters. The van der Waals surface area contributed by atoms with Crippen LogP contribution in [0.25, 0.3) is 10.2 Å². The number of hydrogen-bond donors (Lipinski definition) is 1. The monoisotopic (exact) mass is 326 g/mol. The number of nitrogens with one attached hydrogen (secondary N) is 1. The van der Waals surface area contributed by atoms with E-state index < -0.39 is 5.82 Å². The molecule has 2 aromatic heterocycles. The van der Waals surface area contributed by atoms with E-state index in [4.69, 9.17) is 23.8 Å². The highest BCUT2D eigenvalue weighted by Crippen LogP contribution is 2.18. The molecule has 0 saturated carbocycles. The molecule has 0 aliphatic carbocycles. The zero-order chi connectivity index (χ0) is 14.3. The van der Waals surface area contributed by atoms with E-state index in [1.807, 2.05) is 11.4 Å². The Morgan fingerprint density at radius 1 is 1.40 bits per heavy atom. The molecule has 0 radical (unpaired) electrons. The zero-order valence-electron chi connectivity index (χ0n) is 10.0. The Hall–Kier alpha value is -1.50. The molecule has 3 nitrogen and oxygen atoms in total. The molecule has 0 spiro atoms. The van der Waals surface area contributed by atoms with Gasteiger partial charge in [0, 0.05) is 0 Å². The average molecular weight is 327 g/mol.